The Bertz CT molecular complexity index is 962. The first-order chi connectivity index (χ1) is 13.6. The molecule has 0 saturated carbocycles. The molecule has 0 amide bonds. The molecule has 0 aliphatic carbocycles. The first-order valence-corrected chi connectivity index (χ1v) is 10.9. The minimum Gasteiger partial charge on any atom is -0.392 e. The zero-order chi connectivity index (χ0) is 19.7. The van der Waals surface area contributed by atoms with Gasteiger partial charge in [0, 0.05) is 43.7 Å². The van der Waals surface area contributed by atoms with Crippen molar-refractivity contribution in [1.29, 1.82) is 0 Å². The van der Waals surface area contributed by atoms with Crippen LogP contribution in [0, 0.1) is 13.8 Å². The third-order valence-electron chi connectivity index (χ3n) is 5.78. The highest BCUT2D eigenvalue weighted by Crippen LogP contribution is 2.38. The molecule has 3 aromatic rings. The Morgan fingerprint density at radius 2 is 1.89 bits per heavy atom. The molecule has 1 fully saturated rings. The van der Waals surface area contributed by atoms with Gasteiger partial charge in [0.1, 0.15) is 17.0 Å². The standard InChI is InChI=1S/C22H28N4OS/c1-4-18(27)12-25-7-9-26(10-8-25)21-20-19(13-28-22(20)24-14-23-21)17-6-5-15(2)16(3)11-17/h5-6,11,13-14,18,27H,4,7-10,12H2,1-3H3. The summed E-state index contributed by atoms with van der Waals surface area (Å²) in [7, 11) is 0. The largest absolute Gasteiger partial charge is 0.392 e. The summed E-state index contributed by atoms with van der Waals surface area (Å²) in [6.45, 7) is 10.8. The fraction of sp³-hybridized carbons (Fsp3) is 0.455. The van der Waals surface area contributed by atoms with Gasteiger partial charge in [-0.25, -0.2) is 9.97 Å². The predicted octanol–water partition coefficient (Wildman–Crippen LogP) is 3.87. The van der Waals surface area contributed by atoms with E-state index in [4.69, 9.17) is 0 Å². The van der Waals surface area contributed by atoms with Crippen LogP contribution >= 0.6 is 11.3 Å². The number of β-amino-alcohol motifs (C(OH)–C–C–N with tert-alkyl or cyclic N) is 1. The molecular formula is C22H28N4OS. The van der Waals surface area contributed by atoms with Gasteiger partial charge in [-0.15, -0.1) is 11.3 Å². The highest BCUT2D eigenvalue weighted by molar-refractivity contribution is 7.17. The number of rotatable bonds is 5. The number of aliphatic hydroxyl groups is 1. The van der Waals surface area contributed by atoms with Gasteiger partial charge in [-0.2, -0.15) is 0 Å². The van der Waals surface area contributed by atoms with E-state index in [1.54, 1.807) is 17.7 Å². The SMILES string of the molecule is CCC(O)CN1CCN(c2ncnc3scc(-c4ccc(C)c(C)c4)c23)CC1. The number of thiophene rings is 1. The molecule has 3 heterocycles. The number of benzene rings is 1. The van der Waals surface area contributed by atoms with Gasteiger partial charge in [-0.05, 0) is 37.0 Å². The maximum atomic E-state index is 9.94. The maximum Gasteiger partial charge on any atom is 0.141 e. The highest BCUT2D eigenvalue weighted by atomic mass is 32.1. The lowest BCUT2D eigenvalue weighted by atomic mass is 10.0. The van der Waals surface area contributed by atoms with Crippen molar-refractivity contribution < 1.29 is 5.11 Å². The molecule has 2 aromatic heterocycles. The molecule has 6 heteroatoms. The average Bonchev–Trinajstić information content (AvgIpc) is 3.15. The minimum atomic E-state index is -0.231. The van der Waals surface area contributed by atoms with Gasteiger partial charge >= 0.3 is 0 Å². The monoisotopic (exact) mass is 396 g/mol. The lowest BCUT2D eigenvalue weighted by Crippen LogP contribution is -2.48. The Labute approximate surface area is 170 Å². The molecule has 1 aliphatic rings. The van der Waals surface area contributed by atoms with Crippen LogP contribution in [-0.4, -0.2) is 58.8 Å². The third kappa shape index (κ3) is 3.77. The van der Waals surface area contributed by atoms with Crippen molar-refractivity contribution in [3.05, 3.63) is 41.0 Å². The summed E-state index contributed by atoms with van der Waals surface area (Å²) in [6, 6.07) is 6.65. The van der Waals surface area contributed by atoms with Gasteiger partial charge < -0.3 is 10.0 Å². The Hall–Kier alpha value is -2.02. The van der Waals surface area contributed by atoms with Crippen LogP contribution in [0.5, 0.6) is 0 Å². The van der Waals surface area contributed by atoms with Crippen LogP contribution in [-0.2, 0) is 0 Å². The third-order valence-corrected chi connectivity index (χ3v) is 6.67. The molecule has 1 aliphatic heterocycles. The summed E-state index contributed by atoms with van der Waals surface area (Å²) in [4.78, 5) is 15.0. The lowest BCUT2D eigenvalue weighted by molar-refractivity contribution is 0.106. The highest BCUT2D eigenvalue weighted by Gasteiger charge is 2.23. The summed E-state index contributed by atoms with van der Waals surface area (Å²) in [5, 5.41) is 13.3. The van der Waals surface area contributed by atoms with Crippen molar-refractivity contribution in [2.24, 2.45) is 0 Å². The van der Waals surface area contributed by atoms with Crippen LogP contribution in [0.4, 0.5) is 5.82 Å². The van der Waals surface area contributed by atoms with Gasteiger partial charge in [-0.1, -0.05) is 25.1 Å². The van der Waals surface area contributed by atoms with E-state index in [1.807, 2.05) is 6.92 Å². The normalized spacial score (nSPS) is 16.6. The van der Waals surface area contributed by atoms with Crippen molar-refractivity contribution in [3.63, 3.8) is 0 Å². The molecule has 28 heavy (non-hydrogen) atoms. The second-order valence-corrected chi connectivity index (χ2v) is 8.53. The number of anilines is 1. The number of aryl methyl sites for hydroxylation is 2. The van der Waals surface area contributed by atoms with Crippen LogP contribution in [0.3, 0.4) is 0 Å². The molecule has 1 aromatic carbocycles. The van der Waals surface area contributed by atoms with Crippen LogP contribution in [0.2, 0.25) is 0 Å². The molecular weight excluding hydrogens is 368 g/mol. The van der Waals surface area contributed by atoms with Gasteiger partial charge in [0.05, 0.1) is 11.5 Å². The zero-order valence-electron chi connectivity index (χ0n) is 16.9. The summed E-state index contributed by atoms with van der Waals surface area (Å²) < 4.78 is 0. The topological polar surface area (TPSA) is 52.5 Å². The smallest absolute Gasteiger partial charge is 0.141 e. The Kier molecular flexibility index (Phi) is 5.62. The Balaban J connectivity index is 1.63. The summed E-state index contributed by atoms with van der Waals surface area (Å²) >= 11 is 1.69. The molecule has 148 valence electrons. The molecule has 4 rings (SSSR count). The van der Waals surface area contributed by atoms with E-state index in [1.165, 1.54) is 22.3 Å². The van der Waals surface area contributed by atoms with E-state index in [0.29, 0.717) is 0 Å². The fourth-order valence-electron chi connectivity index (χ4n) is 3.79. The first kappa shape index (κ1) is 19.3. The average molecular weight is 397 g/mol. The Morgan fingerprint density at radius 1 is 1.11 bits per heavy atom. The molecule has 0 bridgehead atoms. The molecule has 1 saturated heterocycles. The second kappa shape index (κ2) is 8.15. The summed E-state index contributed by atoms with van der Waals surface area (Å²) in [5.41, 5.74) is 5.07. The fourth-order valence-corrected chi connectivity index (χ4v) is 4.70. The molecule has 1 N–H and O–H groups in total. The molecule has 5 nitrogen and oxygen atoms in total. The minimum absolute atomic E-state index is 0.231. The summed E-state index contributed by atoms with van der Waals surface area (Å²) in [5.74, 6) is 1.04. The van der Waals surface area contributed by atoms with E-state index in [0.717, 1.165) is 55.2 Å². The van der Waals surface area contributed by atoms with Crippen LogP contribution in [0.1, 0.15) is 24.5 Å². The number of fused-ring (bicyclic) bond motifs is 1. The van der Waals surface area contributed by atoms with E-state index in [9.17, 15) is 5.11 Å². The lowest BCUT2D eigenvalue weighted by Gasteiger charge is -2.36. The number of hydrogen-bond acceptors (Lipinski definition) is 6. The van der Waals surface area contributed by atoms with E-state index >= 15 is 0 Å². The maximum absolute atomic E-state index is 9.94. The number of hydrogen-bond donors (Lipinski definition) is 1. The number of aromatic nitrogens is 2. The molecule has 1 unspecified atom stereocenters. The van der Waals surface area contributed by atoms with E-state index in [2.05, 4.69) is 57.2 Å². The van der Waals surface area contributed by atoms with E-state index < -0.39 is 0 Å². The van der Waals surface area contributed by atoms with Crippen LogP contribution in [0.15, 0.2) is 29.9 Å². The number of piperazine rings is 1. The first-order valence-electron chi connectivity index (χ1n) is 10.0. The van der Waals surface area contributed by atoms with Gasteiger partial charge in [0.2, 0.25) is 0 Å². The van der Waals surface area contributed by atoms with Crippen molar-refractivity contribution in [3.8, 4) is 11.1 Å². The van der Waals surface area contributed by atoms with E-state index in [-0.39, 0.29) is 6.10 Å². The molecule has 0 radical (unpaired) electrons. The zero-order valence-corrected chi connectivity index (χ0v) is 17.7. The number of nitrogens with zero attached hydrogens (tertiary/aromatic N) is 4. The van der Waals surface area contributed by atoms with Crippen molar-refractivity contribution in [2.75, 3.05) is 37.6 Å². The van der Waals surface area contributed by atoms with Crippen LogP contribution < -0.4 is 4.90 Å². The quantitative estimate of drug-likeness (QED) is 0.710. The van der Waals surface area contributed by atoms with Crippen molar-refractivity contribution in [1.82, 2.24) is 14.9 Å². The molecule has 1 atom stereocenters. The van der Waals surface area contributed by atoms with Gasteiger partial charge in [0.15, 0.2) is 0 Å². The number of aliphatic hydroxyl groups excluding tert-OH is 1. The second-order valence-electron chi connectivity index (χ2n) is 7.68. The summed E-state index contributed by atoms with van der Waals surface area (Å²) in [6.07, 6.45) is 2.26. The Morgan fingerprint density at radius 3 is 2.61 bits per heavy atom. The van der Waals surface area contributed by atoms with Crippen molar-refractivity contribution >= 4 is 27.4 Å². The molecule has 0 spiro atoms. The van der Waals surface area contributed by atoms with Gasteiger partial charge in [0.25, 0.3) is 0 Å². The van der Waals surface area contributed by atoms with Crippen LogP contribution in [0.25, 0.3) is 21.3 Å². The van der Waals surface area contributed by atoms with Crippen molar-refractivity contribution in [2.45, 2.75) is 33.3 Å². The predicted molar refractivity (Wildman–Crippen MR) is 117 cm³/mol. The van der Waals surface area contributed by atoms with Gasteiger partial charge in [-0.3, -0.25) is 4.90 Å².